The molecule has 166 valence electrons. The molecule has 0 saturated heterocycles. The molecule has 1 unspecified atom stereocenters. The van der Waals surface area contributed by atoms with Crippen molar-refractivity contribution in [2.75, 3.05) is 27.7 Å². The Labute approximate surface area is 176 Å². The standard InChI is InChI=1S/C20H31N5O5/c1-12-8-15-14(11-24(12)19(28)30-20(2,3)4)16-18(27)22(5)9-13(10-25(16)21-15)17(26)23(6)29-7/h12-13H,8-11H2,1-7H3/t12-,13?/m1/s1. The Balaban J connectivity index is 1.94. The summed E-state index contributed by atoms with van der Waals surface area (Å²) in [6.45, 7) is 8.18. The Morgan fingerprint density at radius 2 is 1.90 bits per heavy atom. The van der Waals surface area contributed by atoms with Gasteiger partial charge in [-0.3, -0.25) is 19.1 Å². The van der Waals surface area contributed by atoms with Crippen molar-refractivity contribution < 1.29 is 24.0 Å². The van der Waals surface area contributed by atoms with Crippen LogP contribution in [0.1, 0.15) is 49.4 Å². The summed E-state index contributed by atoms with van der Waals surface area (Å²) in [5.74, 6) is -0.911. The summed E-state index contributed by atoms with van der Waals surface area (Å²) in [7, 11) is 4.64. The fourth-order valence-electron chi connectivity index (χ4n) is 3.90. The van der Waals surface area contributed by atoms with Crippen LogP contribution in [0.5, 0.6) is 0 Å². The van der Waals surface area contributed by atoms with Crippen LogP contribution in [0.4, 0.5) is 4.79 Å². The minimum absolute atomic E-state index is 0.114. The summed E-state index contributed by atoms with van der Waals surface area (Å²) in [5, 5.41) is 5.82. The van der Waals surface area contributed by atoms with Gasteiger partial charge in [0.25, 0.3) is 11.8 Å². The lowest BCUT2D eigenvalue weighted by Gasteiger charge is -2.34. The van der Waals surface area contributed by atoms with Crippen LogP contribution in [0.3, 0.4) is 0 Å². The van der Waals surface area contributed by atoms with Crippen LogP contribution in [0, 0.1) is 5.92 Å². The second-order valence-corrected chi connectivity index (χ2v) is 9.02. The molecule has 3 heterocycles. The molecule has 1 aromatic rings. The number of rotatable bonds is 2. The Kier molecular flexibility index (Phi) is 5.81. The third-order valence-corrected chi connectivity index (χ3v) is 5.48. The van der Waals surface area contributed by atoms with E-state index in [4.69, 9.17) is 9.57 Å². The minimum Gasteiger partial charge on any atom is -0.444 e. The van der Waals surface area contributed by atoms with E-state index in [1.807, 2.05) is 27.7 Å². The van der Waals surface area contributed by atoms with Crippen molar-refractivity contribution in [2.45, 2.75) is 58.8 Å². The average molecular weight is 421 g/mol. The van der Waals surface area contributed by atoms with Gasteiger partial charge in [-0.05, 0) is 27.7 Å². The lowest BCUT2D eigenvalue weighted by Crippen LogP contribution is -2.45. The summed E-state index contributed by atoms with van der Waals surface area (Å²) >= 11 is 0. The van der Waals surface area contributed by atoms with E-state index in [1.54, 1.807) is 23.7 Å². The molecule has 30 heavy (non-hydrogen) atoms. The first kappa shape index (κ1) is 22.1. The second-order valence-electron chi connectivity index (χ2n) is 9.02. The molecule has 0 spiro atoms. The lowest BCUT2D eigenvalue weighted by atomic mass is 9.99. The summed E-state index contributed by atoms with van der Waals surface area (Å²) in [4.78, 5) is 46.7. The predicted molar refractivity (Wildman–Crippen MR) is 107 cm³/mol. The van der Waals surface area contributed by atoms with E-state index in [1.165, 1.54) is 17.1 Å². The molecular formula is C20H31N5O5. The van der Waals surface area contributed by atoms with Gasteiger partial charge in [0.1, 0.15) is 11.3 Å². The number of carbonyl (C=O) groups excluding carboxylic acids is 3. The van der Waals surface area contributed by atoms with Crippen LogP contribution in [-0.2, 0) is 33.9 Å². The van der Waals surface area contributed by atoms with E-state index >= 15 is 0 Å². The van der Waals surface area contributed by atoms with Gasteiger partial charge in [0.2, 0.25) is 0 Å². The van der Waals surface area contributed by atoms with Crippen molar-refractivity contribution in [1.29, 1.82) is 0 Å². The average Bonchev–Trinajstić information content (AvgIpc) is 2.93. The number of amides is 3. The van der Waals surface area contributed by atoms with E-state index in [0.29, 0.717) is 12.1 Å². The third kappa shape index (κ3) is 4.14. The van der Waals surface area contributed by atoms with Crippen LogP contribution < -0.4 is 0 Å². The quantitative estimate of drug-likeness (QED) is 0.668. The molecule has 10 nitrogen and oxygen atoms in total. The van der Waals surface area contributed by atoms with Gasteiger partial charge in [-0.1, -0.05) is 0 Å². The van der Waals surface area contributed by atoms with Gasteiger partial charge in [0, 0.05) is 38.7 Å². The van der Waals surface area contributed by atoms with E-state index in [9.17, 15) is 14.4 Å². The van der Waals surface area contributed by atoms with Gasteiger partial charge in [-0.25, -0.2) is 9.86 Å². The molecule has 0 radical (unpaired) electrons. The zero-order valence-electron chi connectivity index (χ0n) is 18.8. The van der Waals surface area contributed by atoms with Crippen molar-refractivity contribution in [3.05, 3.63) is 17.0 Å². The van der Waals surface area contributed by atoms with Crippen LogP contribution in [-0.4, -0.2) is 81.9 Å². The number of hydroxylamine groups is 2. The maximum atomic E-state index is 13.1. The summed E-state index contributed by atoms with van der Waals surface area (Å²) in [6, 6.07) is -0.114. The molecule has 0 aliphatic carbocycles. The van der Waals surface area contributed by atoms with Crippen molar-refractivity contribution in [3.63, 3.8) is 0 Å². The number of nitrogens with zero attached hydrogens (tertiary/aromatic N) is 5. The molecule has 1 aromatic heterocycles. The van der Waals surface area contributed by atoms with Crippen molar-refractivity contribution in [2.24, 2.45) is 5.92 Å². The first-order valence-electron chi connectivity index (χ1n) is 10.1. The van der Waals surface area contributed by atoms with Crippen molar-refractivity contribution >= 4 is 17.9 Å². The van der Waals surface area contributed by atoms with Crippen molar-refractivity contribution in [1.82, 2.24) is 24.6 Å². The van der Waals surface area contributed by atoms with Gasteiger partial charge in [-0.2, -0.15) is 5.10 Å². The van der Waals surface area contributed by atoms with Crippen LogP contribution >= 0.6 is 0 Å². The highest BCUT2D eigenvalue weighted by Gasteiger charge is 2.39. The number of fused-ring (bicyclic) bond motifs is 3. The fraction of sp³-hybridized carbons (Fsp3) is 0.700. The Morgan fingerprint density at radius 3 is 2.50 bits per heavy atom. The molecule has 0 saturated carbocycles. The van der Waals surface area contributed by atoms with Crippen LogP contribution in [0.25, 0.3) is 0 Å². The fourth-order valence-corrected chi connectivity index (χ4v) is 3.90. The second kappa shape index (κ2) is 7.90. The number of hydrogen-bond acceptors (Lipinski definition) is 6. The molecule has 0 aromatic carbocycles. The molecule has 2 atom stereocenters. The maximum Gasteiger partial charge on any atom is 0.410 e. The number of hydrogen-bond donors (Lipinski definition) is 0. The minimum atomic E-state index is -0.607. The van der Waals surface area contributed by atoms with E-state index in [-0.39, 0.29) is 37.5 Å². The van der Waals surface area contributed by atoms with Crippen LogP contribution in [0.2, 0.25) is 0 Å². The Hall–Kier alpha value is -2.62. The molecule has 0 fully saturated rings. The van der Waals surface area contributed by atoms with E-state index < -0.39 is 17.6 Å². The van der Waals surface area contributed by atoms with Crippen LogP contribution in [0.15, 0.2) is 0 Å². The topological polar surface area (TPSA) is 97.2 Å². The Morgan fingerprint density at radius 1 is 1.23 bits per heavy atom. The smallest absolute Gasteiger partial charge is 0.410 e. The van der Waals surface area contributed by atoms with Gasteiger partial charge in [0.15, 0.2) is 0 Å². The molecular weight excluding hydrogens is 390 g/mol. The summed E-state index contributed by atoms with van der Waals surface area (Å²) in [6.07, 6.45) is 0.104. The molecule has 3 rings (SSSR count). The highest BCUT2D eigenvalue weighted by atomic mass is 16.7. The van der Waals surface area contributed by atoms with Gasteiger partial charge < -0.3 is 14.5 Å². The molecule has 2 aliphatic rings. The SMILES string of the molecule is CON(C)C(=O)C1CN(C)C(=O)c2c3c(nn2C1)C[C@@H](C)N(C(=O)OC(C)(C)C)C3. The maximum absolute atomic E-state index is 13.1. The molecule has 3 amide bonds. The number of ether oxygens (including phenoxy) is 1. The third-order valence-electron chi connectivity index (χ3n) is 5.48. The van der Waals surface area contributed by atoms with E-state index in [2.05, 4.69) is 5.10 Å². The highest BCUT2D eigenvalue weighted by molar-refractivity contribution is 5.95. The van der Waals surface area contributed by atoms with E-state index in [0.717, 1.165) is 11.3 Å². The van der Waals surface area contributed by atoms with Gasteiger partial charge in [-0.15, -0.1) is 0 Å². The molecule has 2 aliphatic heterocycles. The van der Waals surface area contributed by atoms with Gasteiger partial charge in [0.05, 0.1) is 31.8 Å². The lowest BCUT2D eigenvalue weighted by molar-refractivity contribution is -0.174. The summed E-state index contributed by atoms with van der Waals surface area (Å²) in [5.41, 5.74) is 1.34. The van der Waals surface area contributed by atoms with Crippen molar-refractivity contribution in [3.8, 4) is 0 Å². The normalized spacial score (nSPS) is 21.6. The zero-order valence-corrected chi connectivity index (χ0v) is 18.8. The van der Waals surface area contributed by atoms with Gasteiger partial charge >= 0.3 is 6.09 Å². The first-order valence-corrected chi connectivity index (χ1v) is 10.1. The highest BCUT2D eigenvalue weighted by Crippen LogP contribution is 2.30. The monoisotopic (exact) mass is 421 g/mol. The Bertz CT molecular complexity index is 859. The first-order chi connectivity index (χ1) is 13.9. The molecule has 10 heteroatoms. The summed E-state index contributed by atoms with van der Waals surface area (Å²) < 4.78 is 7.16. The number of aromatic nitrogens is 2. The zero-order chi connectivity index (χ0) is 22.4. The predicted octanol–water partition coefficient (Wildman–Crippen LogP) is 1.29. The molecule has 0 N–H and O–H groups in total. The molecule has 0 bridgehead atoms. The number of carbonyl (C=O) groups is 3. The largest absolute Gasteiger partial charge is 0.444 e.